The van der Waals surface area contributed by atoms with Gasteiger partial charge in [0, 0.05) is 19.7 Å². The first-order chi connectivity index (χ1) is 9.69. The summed E-state index contributed by atoms with van der Waals surface area (Å²) in [5, 5.41) is 0. The molecule has 0 radical (unpaired) electrons. The Morgan fingerprint density at radius 2 is 1.86 bits per heavy atom. The number of carbonyl (C=O) groups is 2. The topological polar surface area (TPSA) is 108 Å². The maximum atomic E-state index is 11.9. The van der Waals surface area contributed by atoms with E-state index in [9.17, 15) is 9.59 Å². The molecule has 1 fully saturated rings. The predicted octanol–water partition coefficient (Wildman–Crippen LogP) is 0.463. The van der Waals surface area contributed by atoms with E-state index >= 15 is 0 Å². The lowest BCUT2D eigenvalue weighted by Crippen LogP contribution is -2.43. The number of amides is 2. The Morgan fingerprint density at radius 3 is 2.33 bits per heavy atom. The molecule has 7 nitrogen and oxygen atoms in total. The Hall–Kier alpha value is -1.34. The second kappa shape index (κ2) is 7.61. The minimum absolute atomic E-state index is 0.140. The Kier molecular flexibility index (Phi) is 6.42. The normalized spacial score (nSPS) is 18.4. The minimum Gasteiger partial charge on any atom is -0.444 e. The van der Waals surface area contributed by atoms with E-state index in [2.05, 4.69) is 0 Å². The molecule has 1 heterocycles. The van der Waals surface area contributed by atoms with E-state index < -0.39 is 17.6 Å². The monoisotopic (exact) mass is 301 g/mol. The number of carbonyl (C=O) groups excluding carboxylic acids is 2. The molecule has 1 unspecified atom stereocenters. The molecule has 122 valence electrons. The summed E-state index contributed by atoms with van der Waals surface area (Å²) >= 11 is 0. The van der Waals surface area contributed by atoms with Gasteiger partial charge in [-0.2, -0.15) is 0 Å². The third-order valence-electron chi connectivity index (χ3n) is 3.28. The minimum atomic E-state index is -0.758. The van der Waals surface area contributed by atoms with E-state index in [-0.39, 0.29) is 12.7 Å². The fraction of sp³-hybridized carbons (Fsp3) is 0.857. The van der Waals surface area contributed by atoms with Crippen molar-refractivity contribution in [2.24, 2.45) is 17.4 Å². The number of rotatable bonds is 5. The van der Waals surface area contributed by atoms with Crippen LogP contribution >= 0.6 is 0 Å². The number of likely N-dealkylation sites (tertiary alicyclic amines) is 1. The highest BCUT2D eigenvalue weighted by molar-refractivity contribution is 5.79. The van der Waals surface area contributed by atoms with Crippen molar-refractivity contribution in [3.05, 3.63) is 0 Å². The van der Waals surface area contributed by atoms with Crippen molar-refractivity contribution >= 4 is 12.0 Å². The molecule has 0 bridgehead atoms. The average molecular weight is 301 g/mol. The van der Waals surface area contributed by atoms with Gasteiger partial charge in [0.1, 0.15) is 11.6 Å². The molecule has 1 saturated heterocycles. The molecular formula is C14H27N3O4. The Labute approximate surface area is 125 Å². The van der Waals surface area contributed by atoms with Crippen molar-refractivity contribution in [2.75, 3.05) is 26.3 Å². The van der Waals surface area contributed by atoms with E-state index in [1.807, 2.05) is 20.8 Å². The number of hydrogen-bond donors (Lipinski definition) is 2. The summed E-state index contributed by atoms with van der Waals surface area (Å²) in [4.78, 5) is 24.4. The van der Waals surface area contributed by atoms with Gasteiger partial charge < -0.3 is 25.8 Å². The average Bonchev–Trinajstić information content (AvgIpc) is 2.37. The number of nitrogens with zero attached hydrogens (tertiary/aromatic N) is 1. The van der Waals surface area contributed by atoms with Gasteiger partial charge in [0.15, 0.2) is 0 Å². The lowest BCUT2D eigenvalue weighted by Gasteiger charge is -2.33. The van der Waals surface area contributed by atoms with Crippen LogP contribution in [0, 0.1) is 5.92 Å². The number of piperidine rings is 1. The van der Waals surface area contributed by atoms with Gasteiger partial charge in [-0.1, -0.05) is 0 Å². The molecule has 0 saturated carbocycles. The van der Waals surface area contributed by atoms with Crippen LogP contribution in [0.2, 0.25) is 0 Å². The number of nitrogens with two attached hydrogens (primary N) is 2. The van der Waals surface area contributed by atoms with Crippen molar-refractivity contribution in [3.63, 3.8) is 0 Å². The zero-order valence-electron chi connectivity index (χ0n) is 13.1. The van der Waals surface area contributed by atoms with Gasteiger partial charge in [-0.3, -0.25) is 4.79 Å². The van der Waals surface area contributed by atoms with E-state index in [4.69, 9.17) is 20.9 Å². The molecule has 0 aromatic heterocycles. The summed E-state index contributed by atoms with van der Waals surface area (Å²) in [5.74, 6) is -0.196. The van der Waals surface area contributed by atoms with Gasteiger partial charge in [-0.25, -0.2) is 4.79 Å². The number of primary amides is 1. The molecule has 7 heteroatoms. The first kappa shape index (κ1) is 17.7. The molecule has 4 N–H and O–H groups in total. The highest BCUT2D eigenvalue weighted by Gasteiger charge is 2.27. The SMILES string of the molecule is CC(C)(C)OC(=O)N1CCC(COCC(N)C(N)=O)CC1. The second-order valence-electron chi connectivity index (χ2n) is 6.46. The first-order valence-electron chi connectivity index (χ1n) is 7.29. The molecule has 0 aromatic rings. The van der Waals surface area contributed by atoms with Crippen LogP contribution in [0.15, 0.2) is 0 Å². The molecule has 0 aliphatic carbocycles. The van der Waals surface area contributed by atoms with Gasteiger partial charge >= 0.3 is 6.09 Å². The van der Waals surface area contributed by atoms with E-state index in [1.54, 1.807) is 4.90 Å². The third kappa shape index (κ3) is 6.77. The molecule has 21 heavy (non-hydrogen) atoms. The standard InChI is InChI=1S/C14H27N3O4/c1-14(2,3)21-13(19)17-6-4-10(5-7-17)8-20-9-11(15)12(16)18/h10-11H,4-9,15H2,1-3H3,(H2,16,18). The molecule has 1 atom stereocenters. The van der Waals surface area contributed by atoms with Gasteiger partial charge in [-0.05, 0) is 39.5 Å². The fourth-order valence-corrected chi connectivity index (χ4v) is 2.05. The summed E-state index contributed by atoms with van der Waals surface area (Å²) in [6.07, 6.45) is 1.44. The van der Waals surface area contributed by atoms with E-state index in [0.29, 0.717) is 25.6 Å². The predicted molar refractivity (Wildman–Crippen MR) is 78.5 cm³/mol. The van der Waals surface area contributed by atoms with Crippen LogP contribution < -0.4 is 11.5 Å². The van der Waals surface area contributed by atoms with E-state index in [1.165, 1.54) is 0 Å². The fourth-order valence-electron chi connectivity index (χ4n) is 2.05. The van der Waals surface area contributed by atoms with Crippen molar-refractivity contribution < 1.29 is 19.1 Å². The molecule has 1 aliphatic rings. The maximum Gasteiger partial charge on any atom is 0.410 e. The quantitative estimate of drug-likeness (QED) is 0.767. The zero-order valence-corrected chi connectivity index (χ0v) is 13.1. The van der Waals surface area contributed by atoms with Crippen LogP contribution in [0.4, 0.5) is 4.79 Å². The lowest BCUT2D eigenvalue weighted by atomic mass is 9.98. The molecule has 0 spiro atoms. The summed E-state index contributed by atoms with van der Waals surface area (Å²) in [7, 11) is 0. The van der Waals surface area contributed by atoms with Gasteiger partial charge in [0.2, 0.25) is 5.91 Å². The molecule has 1 rings (SSSR count). The third-order valence-corrected chi connectivity index (χ3v) is 3.28. The summed E-state index contributed by atoms with van der Waals surface area (Å²) in [6.45, 7) is 7.55. The number of hydrogen-bond acceptors (Lipinski definition) is 5. The van der Waals surface area contributed by atoms with Gasteiger partial charge in [0.25, 0.3) is 0 Å². The van der Waals surface area contributed by atoms with Gasteiger partial charge in [0.05, 0.1) is 6.61 Å². The Balaban J connectivity index is 2.23. The van der Waals surface area contributed by atoms with Crippen LogP contribution in [0.1, 0.15) is 33.6 Å². The van der Waals surface area contributed by atoms with Crippen molar-refractivity contribution in [2.45, 2.75) is 45.3 Å². The Morgan fingerprint density at radius 1 is 1.29 bits per heavy atom. The first-order valence-corrected chi connectivity index (χ1v) is 7.29. The van der Waals surface area contributed by atoms with Crippen LogP contribution in [0.25, 0.3) is 0 Å². The number of ether oxygens (including phenoxy) is 2. The summed E-state index contributed by atoms with van der Waals surface area (Å²) in [6, 6.07) is -0.758. The highest BCUT2D eigenvalue weighted by Crippen LogP contribution is 2.19. The van der Waals surface area contributed by atoms with Crippen LogP contribution in [-0.4, -0.2) is 54.8 Å². The molecule has 2 amide bonds. The maximum absolute atomic E-state index is 11.9. The largest absolute Gasteiger partial charge is 0.444 e. The van der Waals surface area contributed by atoms with E-state index in [0.717, 1.165) is 12.8 Å². The summed E-state index contributed by atoms with van der Waals surface area (Å²) < 4.78 is 10.8. The van der Waals surface area contributed by atoms with Gasteiger partial charge in [-0.15, -0.1) is 0 Å². The lowest BCUT2D eigenvalue weighted by molar-refractivity contribution is -0.120. The smallest absolute Gasteiger partial charge is 0.410 e. The van der Waals surface area contributed by atoms with Crippen LogP contribution in [0.3, 0.4) is 0 Å². The van der Waals surface area contributed by atoms with Crippen molar-refractivity contribution in [3.8, 4) is 0 Å². The van der Waals surface area contributed by atoms with Crippen LogP contribution in [-0.2, 0) is 14.3 Å². The van der Waals surface area contributed by atoms with Crippen LogP contribution in [0.5, 0.6) is 0 Å². The molecule has 0 aromatic carbocycles. The molecular weight excluding hydrogens is 274 g/mol. The second-order valence-corrected chi connectivity index (χ2v) is 6.46. The summed E-state index contributed by atoms with van der Waals surface area (Å²) in [5.41, 5.74) is 10.1. The zero-order chi connectivity index (χ0) is 16.0. The van der Waals surface area contributed by atoms with Crippen molar-refractivity contribution in [1.29, 1.82) is 0 Å². The Bertz CT molecular complexity index is 360. The van der Waals surface area contributed by atoms with Crippen molar-refractivity contribution in [1.82, 2.24) is 4.90 Å². The molecule has 1 aliphatic heterocycles. The highest BCUT2D eigenvalue weighted by atomic mass is 16.6.